The molecule has 0 aliphatic heterocycles. The Morgan fingerprint density at radius 1 is 1.31 bits per heavy atom. The number of ether oxygens (including phenoxy) is 2. The highest BCUT2D eigenvalue weighted by molar-refractivity contribution is 5.85. The Hall–Kier alpha value is -2.04. The van der Waals surface area contributed by atoms with E-state index in [0.29, 0.717) is 17.8 Å². The average Bonchev–Trinajstić information content (AvgIpc) is 2.35. The van der Waals surface area contributed by atoms with Gasteiger partial charge in [0.2, 0.25) is 6.41 Å². The lowest BCUT2D eigenvalue weighted by molar-refractivity contribution is -0.139. The highest BCUT2D eigenvalue weighted by Gasteiger charge is 2.10. The van der Waals surface area contributed by atoms with Gasteiger partial charge in [-0.1, -0.05) is 0 Å². The summed E-state index contributed by atoms with van der Waals surface area (Å²) in [5.74, 6) is 0.218. The monoisotopic (exact) mass is 223 g/mol. The van der Waals surface area contributed by atoms with E-state index in [1.807, 2.05) is 0 Å². The van der Waals surface area contributed by atoms with E-state index in [4.69, 9.17) is 4.74 Å². The molecule has 0 radical (unpaired) electrons. The maximum Gasteiger partial charge on any atom is 0.325 e. The van der Waals surface area contributed by atoms with E-state index < -0.39 is 5.97 Å². The molecule has 5 nitrogen and oxygen atoms in total. The van der Waals surface area contributed by atoms with E-state index in [2.05, 4.69) is 4.74 Å². The summed E-state index contributed by atoms with van der Waals surface area (Å²) in [5.41, 5.74) is 0.612. The van der Waals surface area contributed by atoms with Crippen molar-refractivity contribution in [2.75, 3.05) is 25.7 Å². The second kappa shape index (κ2) is 5.75. The molecule has 0 saturated carbocycles. The lowest BCUT2D eigenvalue weighted by Crippen LogP contribution is -2.28. The lowest BCUT2D eigenvalue weighted by atomic mass is 10.3. The third-order valence-electron chi connectivity index (χ3n) is 2.06. The Labute approximate surface area is 93.6 Å². The van der Waals surface area contributed by atoms with Crippen LogP contribution in [-0.4, -0.2) is 33.1 Å². The Morgan fingerprint density at radius 2 is 1.94 bits per heavy atom. The van der Waals surface area contributed by atoms with E-state index in [1.54, 1.807) is 31.4 Å². The molecule has 0 aromatic heterocycles. The van der Waals surface area contributed by atoms with Crippen molar-refractivity contribution < 1.29 is 19.1 Å². The molecule has 0 aliphatic rings. The molecule has 0 heterocycles. The van der Waals surface area contributed by atoms with E-state index in [1.165, 1.54) is 12.0 Å². The molecule has 1 aromatic carbocycles. The minimum atomic E-state index is -0.470. The number of amides is 1. The second-order valence-corrected chi connectivity index (χ2v) is 3.01. The Kier molecular flexibility index (Phi) is 4.32. The number of esters is 1. The zero-order valence-electron chi connectivity index (χ0n) is 9.17. The number of nitrogens with zero attached hydrogens (tertiary/aromatic N) is 1. The average molecular weight is 223 g/mol. The molecule has 0 bridgehead atoms. The van der Waals surface area contributed by atoms with Crippen molar-refractivity contribution in [3.8, 4) is 5.75 Å². The summed E-state index contributed by atoms with van der Waals surface area (Å²) in [5, 5.41) is 0. The normalized spacial score (nSPS) is 9.38. The van der Waals surface area contributed by atoms with Gasteiger partial charge in [-0.15, -0.1) is 0 Å². The number of rotatable bonds is 5. The van der Waals surface area contributed by atoms with Crippen LogP contribution in [0.3, 0.4) is 0 Å². The number of hydrogen-bond acceptors (Lipinski definition) is 4. The first kappa shape index (κ1) is 12.0. The summed E-state index contributed by atoms with van der Waals surface area (Å²) in [7, 11) is 2.83. The number of benzene rings is 1. The van der Waals surface area contributed by atoms with Crippen molar-refractivity contribution in [1.82, 2.24) is 0 Å². The predicted octanol–water partition coefficient (Wildman–Crippen LogP) is 0.831. The van der Waals surface area contributed by atoms with Crippen molar-refractivity contribution in [3.05, 3.63) is 24.3 Å². The summed E-state index contributed by atoms with van der Waals surface area (Å²) in [4.78, 5) is 23.1. The smallest absolute Gasteiger partial charge is 0.325 e. The molecule has 0 spiro atoms. The maximum atomic E-state index is 11.0. The number of methoxy groups -OCH3 is 2. The molecule has 0 unspecified atom stereocenters. The molecule has 16 heavy (non-hydrogen) atoms. The molecular formula is C11H13NO4. The van der Waals surface area contributed by atoms with Crippen molar-refractivity contribution in [2.45, 2.75) is 0 Å². The van der Waals surface area contributed by atoms with Crippen molar-refractivity contribution >= 4 is 18.1 Å². The minimum absolute atomic E-state index is 0.105. The van der Waals surface area contributed by atoms with Gasteiger partial charge in [-0.25, -0.2) is 0 Å². The number of anilines is 1. The van der Waals surface area contributed by atoms with Crippen LogP contribution in [0.15, 0.2) is 24.3 Å². The first-order valence-corrected chi connectivity index (χ1v) is 4.64. The Bertz CT molecular complexity index is 361. The second-order valence-electron chi connectivity index (χ2n) is 3.01. The fraction of sp³-hybridized carbons (Fsp3) is 0.273. The number of carbonyl (C=O) groups excluding carboxylic acids is 2. The SMILES string of the molecule is COC(=O)CN(C=O)c1ccc(OC)cc1. The van der Waals surface area contributed by atoms with E-state index in [0.717, 1.165) is 0 Å². The van der Waals surface area contributed by atoms with Gasteiger partial charge in [-0.05, 0) is 24.3 Å². The molecule has 1 rings (SSSR count). The number of carbonyl (C=O) groups is 2. The van der Waals surface area contributed by atoms with Crippen LogP contribution in [0.5, 0.6) is 5.75 Å². The zero-order valence-corrected chi connectivity index (χ0v) is 9.17. The van der Waals surface area contributed by atoms with Crippen molar-refractivity contribution in [3.63, 3.8) is 0 Å². The summed E-state index contributed by atoms with van der Waals surface area (Å²) < 4.78 is 9.47. The van der Waals surface area contributed by atoms with Gasteiger partial charge >= 0.3 is 5.97 Å². The highest BCUT2D eigenvalue weighted by Crippen LogP contribution is 2.17. The molecule has 0 N–H and O–H groups in total. The van der Waals surface area contributed by atoms with Crippen LogP contribution in [-0.2, 0) is 14.3 Å². The molecule has 0 fully saturated rings. The third kappa shape index (κ3) is 2.98. The summed E-state index contributed by atoms with van der Waals surface area (Å²) >= 11 is 0. The standard InChI is InChI=1S/C11H13NO4/c1-15-10-5-3-9(4-6-10)12(8-13)7-11(14)16-2/h3-6,8H,7H2,1-2H3. The molecular weight excluding hydrogens is 210 g/mol. The van der Waals surface area contributed by atoms with E-state index in [-0.39, 0.29) is 6.54 Å². The van der Waals surface area contributed by atoms with Gasteiger partial charge in [0, 0.05) is 5.69 Å². The van der Waals surface area contributed by atoms with Crippen LogP contribution >= 0.6 is 0 Å². The lowest BCUT2D eigenvalue weighted by Gasteiger charge is -2.15. The number of hydrogen-bond donors (Lipinski definition) is 0. The van der Waals surface area contributed by atoms with Crippen LogP contribution in [0, 0.1) is 0 Å². The molecule has 86 valence electrons. The van der Waals surface area contributed by atoms with Crippen LogP contribution < -0.4 is 9.64 Å². The minimum Gasteiger partial charge on any atom is -0.497 e. The van der Waals surface area contributed by atoms with Crippen LogP contribution in [0.25, 0.3) is 0 Å². The summed E-state index contributed by atoms with van der Waals surface area (Å²) in [6.07, 6.45) is 0.582. The Morgan fingerprint density at radius 3 is 2.38 bits per heavy atom. The highest BCUT2D eigenvalue weighted by atomic mass is 16.5. The van der Waals surface area contributed by atoms with Crippen LogP contribution in [0.4, 0.5) is 5.69 Å². The topological polar surface area (TPSA) is 55.8 Å². The first-order chi connectivity index (χ1) is 7.71. The van der Waals surface area contributed by atoms with Crippen LogP contribution in [0.1, 0.15) is 0 Å². The molecule has 0 atom stereocenters. The van der Waals surface area contributed by atoms with Gasteiger partial charge in [-0.2, -0.15) is 0 Å². The van der Waals surface area contributed by atoms with E-state index >= 15 is 0 Å². The van der Waals surface area contributed by atoms with Gasteiger partial charge in [0.05, 0.1) is 14.2 Å². The largest absolute Gasteiger partial charge is 0.497 e. The molecule has 0 aliphatic carbocycles. The summed E-state index contributed by atoms with van der Waals surface area (Å²) in [6.45, 7) is -0.105. The summed E-state index contributed by atoms with van der Waals surface area (Å²) in [6, 6.07) is 6.80. The van der Waals surface area contributed by atoms with Gasteiger partial charge < -0.3 is 14.4 Å². The van der Waals surface area contributed by atoms with Gasteiger partial charge in [0.25, 0.3) is 0 Å². The molecule has 0 saturated heterocycles. The fourth-order valence-corrected chi connectivity index (χ4v) is 1.17. The van der Waals surface area contributed by atoms with Crippen molar-refractivity contribution in [1.29, 1.82) is 0 Å². The quantitative estimate of drug-likeness (QED) is 0.548. The van der Waals surface area contributed by atoms with E-state index in [9.17, 15) is 9.59 Å². The first-order valence-electron chi connectivity index (χ1n) is 4.64. The zero-order chi connectivity index (χ0) is 12.0. The van der Waals surface area contributed by atoms with Crippen molar-refractivity contribution in [2.24, 2.45) is 0 Å². The molecule has 1 aromatic rings. The van der Waals surface area contributed by atoms with Gasteiger partial charge in [0.1, 0.15) is 12.3 Å². The molecule has 1 amide bonds. The Balaban J connectivity index is 2.78. The van der Waals surface area contributed by atoms with Crippen LogP contribution in [0.2, 0.25) is 0 Å². The molecule has 5 heteroatoms. The van der Waals surface area contributed by atoms with Gasteiger partial charge in [0.15, 0.2) is 0 Å². The van der Waals surface area contributed by atoms with Gasteiger partial charge in [-0.3, -0.25) is 9.59 Å². The fourth-order valence-electron chi connectivity index (χ4n) is 1.17. The maximum absolute atomic E-state index is 11.0. The predicted molar refractivity (Wildman–Crippen MR) is 58.4 cm³/mol. The third-order valence-corrected chi connectivity index (χ3v) is 2.06.